The molecule has 7 heteroatoms. The summed E-state index contributed by atoms with van der Waals surface area (Å²) in [5.74, 6) is -2.17. The Bertz CT molecular complexity index is 325. The summed E-state index contributed by atoms with van der Waals surface area (Å²) in [6.45, 7) is 4.28. The lowest BCUT2D eigenvalue weighted by molar-refractivity contribution is -0.191. The van der Waals surface area contributed by atoms with Gasteiger partial charge in [-0.3, -0.25) is 0 Å². The topological polar surface area (TPSA) is 49.8 Å². The first-order valence-corrected chi connectivity index (χ1v) is 6.18. The van der Waals surface area contributed by atoms with E-state index in [1.54, 1.807) is 20.8 Å². The fourth-order valence-corrected chi connectivity index (χ4v) is 2.05. The van der Waals surface area contributed by atoms with Gasteiger partial charge in [0, 0.05) is 25.6 Å². The molecule has 1 fully saturated rings. The number of hydrogen-bond donors (Lipinski definition) is 1. The Morgan fingerprint density at radius 2 is 1.89 bits per heavy atom. The minimum absolute atomic E-state index is 0.0952. The summed E-state index contributed by atoms with van der Waals surface area (Å²) < 4.78 is 43.4. The average Bonchev–Trinajstić information content (AvgIpc) is 2.25. The molecule has 19 heavy (non-hydrogen) atoms. The van der Waals surface area contributed by atoms with Crippen molar-refractivity contribution in [1.29, 1.82) is 0 Å². The zero-order valence-electron chi connectivity index (χ0n) is 11.3. The molecule has 0 saturated carbocycles. The molecule has 0 aliphatic carbocycles. The molecule has 112 valence electrons. The number of hydrogen-bond acceptors (Lipinski definition) is 3. The summed E-state index contributed by atoms with van der Waals surface area (Å²) in [6.07, 6.45) is -5.28. The van der Waals surface area contributed by atoms with Gasteiger partial charge in [-0.2, -0.15) is 13.2 Å². The van der Waals surface area contributed by atoms with Crippen LogP contribution in [-0.2, 0) is 4.74 Å². The monoisotopic (exact) mass is 283 g/mol. The zero-order chi connectivity index (χ0) is 14.8. The van der Waals surface area contributed by atoms with E-state index in [2.05, 4.69) is 0 Å². The molecule has 1 aliphatic rings. The van der Waals surface area contributed by atoms with Crippen molar-refractivity contribution in [3.63, 3.8) is 0 Å². The molecule has 1 N–H and O–H groups in total. The number of piperidine rings is 1. The van der Waals surface area contributed by atoms with Gasteiger partial charge in [-0.05, 0) is 27.2 Å². The summed E-state index contributed by atoms with van der Waals surface area (Å²) >= 11 is 0. The second-order valence-corrected chi connectivity index (χ2v) is 5.91. The maximum Gasteiger partial charge on any atom is 0.410 e. The van der Waals surface area contributed by atoms with Crippen molar-refractivity contribution in [2.75, 3.05) is 19.7 Å². The van der Waals surface area contributed by atoms with Crippen LogP contribution in [0, 0.1) is 11.8 Å². The Labute approximate surface area is 110 Å². The number of alkyl halides is 3. The molecule has 2 atom stereocenters. The summed E-state index contributed by atoms with van der Waals surface area (Å²) in [5.41, 5.74) is -0.753. The van der Waals surface area contributed by atoms with Gasteiger partial charge < -0.3 is 14.7 Å². The summed E-state index contributed by atoms with van der Waals surface area (Å²) in [7, 11) is 0. The van der Waals surface area contributed by atoms with Crippen LogP contribution in [-0.4, -0.2) is 47.6 Å². The second kappa shape index (κ2) is 5.56. The largest absolute Gasteiger partial charge is 0.444 e. The van der Waals surface area contributed by atoms with Crippen molar-refractivity contribution in [3.05, 3.63) is 0 Å². The molecular weight excluding hydrogens is 263 g/mol. The highest BCUT2D eigenvalue weighted by Gasteiger charge is 2.45. The van der Waals surface area contributed by atoms with Gasteiger partial charge in [0.1, 0.15) is 5.60 Å². The molecule has 1 saturated heterocycles. The van der Waals surface area contributed by atoms with Crippen LogP contribution in [0.1, 0.15) is 27.2 Å². The smallest absolute Gasteiger partial charge is 0.410 e. The Kier molecular flexibility index (Phi) is 4.71. The van der Waals surface area contributed by atoms with Gasteiger partial charge in [-0.1, -0.05) is 0 Å². The highest BCUT2D eigenvalue weighted by atomic mass is 19.4. The van der Waals surface area contributed by atoms with E-state index in [1.807, 2.05) is 0 Å². The minimum Gasteiger partial charge on any atom is -0.444 e. The molecule has 1 heterocycles. The van der Waals surface area contributed by atoms with Crippen LogP contribution in [0.25, 0.3) is 0 Å². The third kappa shape index (κ3) is 4.89. The number of amides is 1. The summed E-state index contributed by atoms with van der Waals surface area (Å²) in [6, 6.07) is 0. The number of aliphatic hydroxyl groups is 1. The third-order valence-corrected chi connectivity index (χ3v) is 2.91. The lowest BCUT2D eigenvalue weighted by Crippen LogP contribution is -2.50. The Morgan fingerprint density at radius 3 is 2.32 bits per heavy atom. The van der Waals surface area contributed by atoms with Crippen molar-refractivity contribution < 1.29 is 27.8 Å². The molecule has 0 aromatic heterocycles. The molecule has 1 aliphatic heterocycles. The SMILES string of the molecule is CC(C)(C)OC(=O)N1CC(CO)CC(C(F)(F)F)C1. The fraction of sp³-hybridized carbons (Fsp3) is 0.917. The van der Waals surface area contributed by atoms with Crippen LogP contribution in [0.3, 0.4) is 0 Å². The molecule has 0 aromatic carbocycles. The molecule has 1 amide bonds. The Morgan fingerprint density at radius 1 is 1.32 bits per heavy atom. The highest BCUT2D eigenvalue weighted by Crippen LogP contribution is 2.35. The quantitative estimate of drug-likeness (QED) is 0.804. The molecular formula is C12H20F3NO3. The van der Waals surface area contributed by atoms with Crippen molar-refractivity contribution in [1.82, 2.24) is 4.90 Å². The van der Waals surface area contributed by atoms with Crippen LogP contribution in [0.2, 0.25) is 0 Å². The van der Waals surface area contributed by atoms with E-state index in [0.717, 1.165) is 4.90 Å². The van der Waals surface area contributed by atoms with E-state index in [0.29, 0.717) is 0 Å². The Balaban J connectivity index is 2.75. The Hall–Kier alpha value is -0.980. The van der Waals surface area contributed by atoms with Crippen molar-refractivity contribution >= 4 is 6.09 Å². The number of rotatable bonds is 1. The van der Waals surface area contributed by atoms with E-state index in [4.69, 9.17) is 9.84 Å². The van der Waals surface area contributed by atoms with Crippen LogP contribution >= 0.6 is 0 Å². The number of ether oxygens (including phenoxy) is 1. The number of aliphatic hydroxyl groups excluding tert-OH is 1. The van der Waals surface area contributed by atoms with E-state index >= 15 is 0 Å². The maximum atomic E-state index is 12.8. The lowest BCUT2D eigenvalue weighted by atomic mass is 9.89. The molecule has 0 aromatic rings. The maximum absolute atomic E-state index is 12.8. The van der Waals surface area contributed by atoms with Gasteiger partial charge in [0.05, 0.1) is 5.92 Å². The number of halogens is 3. The van der Waals surface area contributed by atoms with Gasteiger partial charge in [0.2, 0.25) is 0 Å². The van der Waals surface area contributed by atoms with Gasteiger partial charge in [0.15, 0.2) is 0 Å². The predicted molar refractivity (Wildman–Crippen MR) is 62.5 cm³/mol. The first kappa shape index (κ1) is 16.1. The van der Waals surface area contributed by atoms with Crippen LogP contribution in [0.5, 0.6) is 0 Å². The number of carbonyl (C=O) groups excluding carboxylic acids is 1. The van der Waals surface area contributed by atoms with Crippen LogP contribution in [0.15, 0.2) is 0 Å². The lowest BCUT2D eigenvalue weighted by Gasteiger charge is -2.38. The van der Waals surface area contributed by atoms with E-state index < -0.39 is 36.3 Å². The van der Waals surface area contributed by atoms with E-state index in [9.17, 15) is 18.0 Å². The first-order valence-electron chi connectivity index (χ1n) is 6.18. The van der Waals surface area contributed by atoms with Crippen LogP contribution < -0.4 is 0 Å². The van der Waals surface area contributed by atoms with Crippen LogP contribution in [0.4, 0.5) is 18.0 Å². The summed E-state index contributed by atoms with van der Waals surface area (Å²) in [5, 5.41) is 9.06. The normalized spacial score (nSPS) is 25.3. The molecule has 0 radical (unpaired) electrons. The molecule has 4 nitrogen and oxygen atoms in total. The molecule has 1 rings (SSSR count). The minimum atomic E-state index is -4.37. The molecule has 0 spiro atoms. The second-order valence-electron chi connectivity index (χ2n) is 5.91. The van der Waals surface area contributed by atoms with Gasteiger partial charge in [-0.15, -0.1) is 0 Å². The molecule has 2 unspecified atom stereocenters. The molecule has 0 bridgehead atoms. The van der Waals surface area contributed by atoms with Gasteiger partial charge in [-0.25, -0.2) is 4.79 Å². The third-order valence-electron chi connectivity index (χ3n) is 2.91. The number of nitrogens with zero attached hydrogens (tertiary/aromatic N) is 1. The highest BCUT2D eigenvalue weighted by molar-refractivity contribution is 5.68. The van der Waals surface area contributed by atoms with E-state index in [-0.39, 0.29) is 19.6 Å². The van der Waals surface area contributed by atoms with E-state index in [1.165, 1.54) is 0 Å². The fourth-order valence-electron chi connectivity index (χ4n) is 2.05. The van der Waals surface area contributed by atoms with Crippen molar-refractivity contribution in [2.45, 2.75) is 39.0 Å². The van der Waals surface area contributed by atoms with Gasteiger partial charge in [0.25, 0.3) is 0 Å². The average molecular weight is 283 g/mol. The van der Waals surface area contributed by atoms with Crippen molar-refractivity contribution in [2.24, 2.45) is 11.8 Å². The number of carbonyl (C=O) groups is 1. The first-order chi connectivity index (χ1) is 8.53. The standard InChI is InChI=1S/C12H20F3NO3/c1-11(2,3)19-10(18)16-5-8(7-17)4-9(6-16)12(13,14)15/h8-9,17H,4-7H2,1-3H3. The predicted octanol–water partition coefficient (Wildman–Crippen LogP) is 2.41. The number of likely N-dealkylation sites (tertiary alicyclic amines) is 1. The summed E-state index contributed by atoms with van der Waals surface area (Å²) in [4.78, 5) is 12.8. The van der Waals surface area contributed by atoms with Gasteiger partial charge >= 0.3 is 12.3 Å². The zero-order valence-corrected chi connectivity index (χ0v) is 11.3. The van der Waals surface area contributed by atoms with Crippen molar-refractivity contribution in [3.8, 4) is 0 Å².